The van der Waals surface area contributed by atoms with Crippen LogP contribution in [0.4, 0.5) is 0 Å². The van der Waals surface area contributed by atoms with Crippen molar-refractivity contribution in [3.63, 3.8) is 0 Å². The van der Waals surface area contributed by atoms with Gasteiger partial charge in [-0.05, 0) is 51.0 Å². The van der Waals surface area contributed by atoms with Crippen LogP contribution in [0.2, 0.25) is 0 Å². The predicted molar refractivity (Wildman–Crippen MR) is 108 cm³/mol. The number of thioether (sulfide) groups is 1. The van der Waals surface area contributed by atoms with E-state index in [1.54, 1.807) is 0 Å². The molecule has 2 aliphatic rings. The lowest BCUT2D eigenvalue weighted by Gasteiger charge is -2.32. The number of hydrogen-bond donors (Lipinski definition) is 0. The van der Waals surface area contributed by atoms with Gasteiger partial charge in [0.1, 0.15) is 5.82 Å². The molecule has 4 nitrogen and oxygen atoms in total. The fourth-order valence-electron chi connectivity index (χ4n) is 4.37. The summed E-state index contributed by atoms with van der Waals surface area (Å²) in [6.45, 7) is 4.38. The minimum Gasteiger partial charge on any atom is -0.375 e. The van der Waals surface area contributed by atoms with Crippen LogP contribution in [0.15, 0.2) is 22.7 Å². The standard InChI is InChI=1S/C20H29N3OS2/c1-14-11-18(12-15(2)24-14)26-20-22-21-19(13-17-9-6-10-25-17)23(20)16-7-4-3-5-8-16/h6,9-10,14-16,18H,3-5,7-8,11-13H2,1-2H3/t14-,15-/m0/s1. The summed E-state index contributed by atoms with van der Waals surface area (Å²) in [5.41, 5.74) is 0. The zero-order chi connectivity index (χ0) is 17.9. The Morgan fingerprint density at radius 1 is 1.15 bits per heavy atom. The first kappa shape index (κ1) is 18.5. The van der Waals surface area contributed by atoms with E-state index in [0.29, 0.717) is 23.5 Å². The van der Waals surface area contributed by atoms with Crippen LogP contribution in [0.3, 0.4) is 0 Å². The molecule has 0 aromatic carbocycles. The van der Waals surface area contributed by atoms with E-state index in [-0.39, 0.29) is 0 Å². The quantitative estimate of drug-likeness (QED) is 0.676. The van der Waals surface area contributed by atoms with Gasteiger partial charge in [-0.25, -0.2) is 0 Å². The van der Waals surface area contributed by atoms with Crippen LogP contribution < -0.4 is 0 Å². The molecule has 142 valence electrons. The number of rotatable bonds is 5. The second-order valence-corrected chi connectivity index (χ2v) is 10.1. The Bertz CT molecular complexity index is 684. The molecule has 0 bridgehead atoms. The monoisotopic (exact) mass is 391 g/mol. The molecule has 0 spiro atoms. The average Bonchev–Trinajstić information content (AvgIpc) is 3.25. The Labute approximate surface area is 164 Å². The van der Waals surface area contributed by atoms with E-state index < -0.39 is 0 Å². The molecule has 2 atom stereocenters. The maximum atomic E-state index is 5.92. The summed E-state index contributed by atoms with van der Waals surface area (Å²) < 4.78 is 8.42. The lowest BCUT2D eigenvalue weighted by Crippen LogP contribution is -2.31. The molecule has 3 heterocycles. The normalized spacial score (nSPS) is 27.7. The predicted octanol–water partition coefficient (Wildman–Crippen LogP) is 5.48. The summed E-state index contributed by atoms with van der Waals surface area (Å²) in [5.74, 6) is 1.15. The zero-order valence-electron chi connectivity index (χ0n) is 15.8. The second-order valence-electron chi connectivity index (χ2n) is 7.79. The number of ether oxygens (including phenoxy) is 1. The summed E-state index contributed by atoms with van der Waals surface area (Å²) in [7, 11) is 0. The Kier molecular flexibility index (Phi) is 6.01. The number of thiophene rings is 1. The van der Waals surface area contributed by atoms with E-state index in [1.165, 1.54) is 37.0 Å². The molecule has 1 aliphatic carbocycles. The summed E-state index contributed by atoms with van der Waals surface area (Å²) in [4.78, 5) is 1.37. The summed E-state index contributed by atoms with van der Waals surface area (Å²) in [6.07, 6.45) is 10.4. The molecule has 26 heavy (non-hydrogen) atoms. The van der Waals surface area contributed by atoms with Gasteiger partial charge in [0.2, 0.25) is 0 Å². The van der Waals surface area contributed by atoms with Crippen molar-refractivity contribution in [1.82, 2.24) is 14.8 Å². The first-order valence-corrected chi connectivity index (χ1v) is 11.7. The highest BCUT2D eigenvalue weighted by Gasteiger charge is 2.29. The van der Waals surface area contributed by atoms with Crippen molar-refractivity contribution >= 4 is 23.1 Å². The molecular weight excluding hydrogens is 362 g/mol. The Morgan fingerprint density at radius 3 is 2.62 bits per heavy atom. The maximum absolute atomic E-state index is 5.92. The third-order valence-electron chi connectivity index (χ3n) is 5.51. The van der Waals surface area contributed by atoms with Crippen LogP contribution >= 0.6 is 23.1 Å². The summed E-state index contributed by atoms with van der Waals surface area (Å²) in [5, 5.41) is 13.2. The molecule has 0 radical (unpaired) electrons. The Hall–Kier alpha value is -0.850. The molecule has 1 saturated heterocycles. The largest absolute Gasteiger partial charge is 0.375 e. The van der Waals surface area contributed by atoms with Gasteiger partial charge >= 0.3 is 0 Å². The van der Waals surface area contributed by atoms with Gasteiger partial charge in [-0.3, -0.25) is 0 Å². The third kappa shape index (κ3) is 4.34. The van der Waals surface area contributed by atoms with E-state index in [4.69, 9.17) is 4.74 Å². The topological polar surface area (TPSA) is 39.9 Å². The summed E-state index contributed by atoms with van der Waals surface area (Å²) in [6, 6.07) is 4.91. The Morgan fingerprint density at radius 2 is 1.92 bits per heavy atom. The van der Waals surface area contributed by atoms with Crippen molar-refractivity contribution < 1.29 is 4.74 Å². The van der Waals surface area contributed by atoms with Gasteiger partial charge in [-0.1, -0.05) is 37.1 Å². The van der Waals surface area contributed by atoms with Crippen molar-refractivity contribution in [2.75, 3.05) is 0 Å². The van der Waals surface area contributed by atoms with Crippen molar-refractivity contribution in [2.24, 2.45) is 0 Å². The van der Waals surface area contributed by atoms with E-state index in [9.17, 15) is 0 Å². The van der Waals surface area contributed by atoms with Crippen molar-refractivity contribution in [3.05, 3.63) is 28.2 Å². The summed E-state index contributed by atoms with van der Waals surface area (Å²) >= 11 is 3.75. The van der Waals surface area contributed by atoms with Crippen molar-refractivity contribution in [3.8, 4) is 0 Å². The molecule has 1 saturated carbocycles. The molecular formula is C20H29N3OS2. The molecule has 2 fully saturated rings. The lowest BCUT2D eigenvalue weighted by molar-refractivity contribution is -0.0265. The molecule has 6 heteroatoms. The number of hydrogen-bond acceptors (Lipinski definition) is 5. The fraction of sp³-hybridized carbons (Fsp3) is 0.700. The number of nitrogens with zero attached hydrogens (tertiary/aromatic N) is 3. The van der Waals surface area contributed by atoms with Crippen LogP contribution in [-0.2, 0) is 11.2 Å². The minimum absolute atomic E-state index is 0.341. The van der Waals surface area contributed by atoms with Crippen LogP contribution in [0.25, 0.3) is 0 Å². The van der Waals surface area contributed by atoms with Gasteiger partial charge in [0.25, 0.3) is 0 Å². The highest BCUT2D eigenvalue weighted by molar-refractivity contribution is 7.99. The fourth-order valence-corrected chi connectivity index (χ4v) is 6.56. The molecule has 0 N–H and O–H groups in total. The molecule has 1 aliphatic heterocycles. The second kappa shape index (κ2) is 8.44. The van der Waals surface area contributed by atoms with Crippen LogP contribution in [0.5, 0.6) is 0 Å². The zero-order valence-corrected chi connectivity index (χ0v) is 17.4. The van der Waals surface area contributed by atoms with Crippen LogP contribution in [0, 0.1) is 0 Å². The average molecular weight is 392 g/mol. The SMILES string of the molecule is C[C@H]1CC(Sc2nnc(Cc3cccs3)n2C2CCCCC2)C[C@H](C)O1. The van der Waals surface area contributed by atoms with Crippen molar-refractivity contribution in [1.29, 1.82) is 0 Å². The van der Waals surface area contributed by atoms with Gasteiger partial charge in [-0.15, -0.1) is 21.5 Å². The van der Waals surface area contributed by atoms with E-state index >= 15 is 0 Å². The van der Waals surface area contributed by atoms with Crippen molar-refractivity contribution in [2.45, 2.75) is 93.9 Å². The molecule has 2 aromatic heterocycles. The molecule has 4 rings (SSSR count). The van der Waals surface area contributed by atoms with Gasteiger partial charge in [0, 0.05) is 22.6 Å². The molecule has 2 aromatic rings. The van der Waals surface area contributed by atoms with E-state index in [0.717, 1.165) is 30.2 Å². The lowest BCUT2D eigenvalue weighted by atomic mass is 9.95. The molecule has 0 unspecified atom stereocenters. The number of aromatic nitrogens is 3. The van der Waals surface area contributed by atoms with Gasteiger partial charge in [-0.2, -0.15) is 0 Å². The van der Waals surface area contributed by atoms with Crippen LogP contribution in [-0.4, -0.2) is 32.2 Å². The highest BCUT2D eigenvalue weighted by atomic mass is 32.2. The van der Waals surface area contributed by atoms with Gasteiger partial charge in [0.15, 0.2) is 5.16 Å². The van der Waals surface area contributed by atoms with E-state index in [1.807, 2.05) is 23.1 Å². The first-order valence-electron chi connectivity index (χ1n) is 9.97. The molecule has 0 amide bonds. The van der Waals surface area contributed by atoms with Gasteiger partial charge < -0.3 is 9.30 Å². The smallest absolute Gasteiger partial charge is 0.191 e. The Balaban J connectivity index is 1.57. The minimum atomic E-state index is 0.341. The maximum Gasteiger partial charge on any atom is 0.191 e. The van der Waals surface area contributed by atoms with E-state index in [2.05, 4.69) is 46.1 Å². The first-order chi connectivity index (χ1) is 12.7. The van der Waals surface area contributed by atoms with Crippen LogP contribution in [0.1, 0.15) is 75.5 Å². The highest BCUT2D eigenvalue weighted by Crippen LogP contribution is 2.38. The van der Waals surface area contributed by atoms with Gasteiger partial charge in [0.05, 0.1) is 12.2 Å². The third-order valence-corrected chi connectivity index (χ3v) is 7.60.